The van der Waals surface area contributed by atoms with E-state index in [2.05, 4.69) is 5.32 Å². The standard InChI is InChI=1S/C14H21N3O/c1-17(2)12-5-3-4-11(8-12)16-14(18)9-13(15)10-6-7-10/h3-5,8,10,13H,6-7,9,15H2,1-2H3,(H,16,18). The number of amides is 1. The number of anilines is 2. The zero-order valence-electron chi connectivity index (χ0n) is 11.0. The van der Waals surface area contributed by atoms with Gasteiger partial charge in [-0.05, 0) is 37.0 Å². The zero-order chi connectivity index (χ0) is 13.1. The molecule has 0 radical (unpaired) electrons. The minimum absolute atomic E-state index is 0.00491. The van der Waals surface area contributed by atoms with Gasteiger partial charge in [-0.25, -0.2) is 0 Å². The lowest BCUT2D eigenvalue weighted by Gasteiger charge is -2.15. The minimum atomic E-state index is 0.00491. The van der Waals surface area contributed by atoms with Crippen LogP contribution in [0.5, 0.6) is 0 Å². The Hall–Kier alpha value is -1.55. The fourth-order valence-corrected chi connectivity index (χ4v) is 1.98. The van der Waals surface area contributed by atoms with Crippen molar-refractivity contribution in [3.8, 4) is 0 Å². The predicted octanol–water partition coefficient (Wildman–Crippen LogP) is 1.82. The quantitative estimate of drug-likeness (QED) is 0.834. The van der Waals surface area contributed by atoms with Crippen LogP contribution >= 0.6 is 0 Å². The number of carbonyl (C=O) groups excluding carboxylic acids is 1. The van der Waals surface area contributed by atoms with Crippen LogP contribution in [-0.4, -0.2) is 26.0 Å². The van der Waals surface area contributed by atoms with Crippen molar-refractivity contribution in [2.75, 3.05) is 24.3 Å². The number of hydrogen-bond donors (Lipinski definition) is 2. The number of nitrogens with two attached hydrogens (primary N) is 1. The molecule has 1 fully saturated rings. The van der Waals surface area contributed by atoms with E-state index in [1.54, 1.807) is 0 Å². The third-order valence-corrected chi connectivity index (χ3v) is 3.29. The molecule has 18 heavy (non-hydrogen) atoms. The molecule has 0 aliphatic heterocycles. The molecule has 1 saturated carbocycles. The second-order valence-corrected chi connectivity index (χ2v) is 5.20. The lowest BCUT2D eigenvalue weighted by atomic mass is 10.1. The number of nitrogens with one attached hydrogen (secondary N) is 1. The number of rotatable bonds is 5. The summed E-state index contributed by atoms with van der Waals surface area (Å²) < 4.78 is 0. The van der Waals surface area contributed by atoms with E-state index in [1.165, 1.54) is 12.8 Å². The second-order valence-electron chi connectivity index (χ2n) is 5.20. The number of hydrogen-bond acceptors (Lipinski definition) is 3. The third kappa shape index (κ3) is 3.47. The summed E-state index contributed by atoms with van der Waals surface area (Å²) in [5.41, 5.74) is 7.84. The van der Waals surface area contributed by atoms with Crippen molar-refractivity contribution < 1.29 is 4.79 Å². The van der Waals surface area contributed by atoms with Crippen LogP contribution in [-0.2, 0) is 4.79 Å². The maximum Gasteiger partial charge on any atom is 0.225 e. The fraction of sp³-hybridized carbons (Fsp3) is 0.500. The van der Waals surface area contributed by atoms with Gasteiger partial charge in [0.15, 0.2) is 0 Å². The van der Waals surface area contributed by atoms with Gasteiger partial charge in [0.2, 0.25) is 5.91 Å². The third-order valence-electron chi connectivity index (χ3n) is 3.29. The van der Waals surface area contributed by atoms with Crippen LogP contribution in [0.3, 0.4) is 0 Å². The molecule has 1 aliphatic carbocycles. The van der Waals surface area contributed by atoms with E-state index in [1.807, 2.05) is 43.3 Å². The van der Waals surface area contributed by atoms with Crippen LogP contribution < -0.4 is 16.0 Å². The minimum Gasteiger partial charge on any atom is -0.378 e. The molecule has 4 nitrogen and oxygen atoms in total. The SMILES string of the molecule is CN(C)c1cccc(NC(=O)CC(N)C2CC2)c1. The summed E-state index contributed by atoms with van der Waals surface area (Å²) in [6, 6.07) is 7.81. The van der Waals surface area contributed by atoms with Crippen LogP contribution in [0.25, 0.3) is 0 Å². The predicted molar refractivity (Wildman–Crippen MR) is 74.7 cm³/mol. The first kappa shape index (κ1) is 12.9. The summed E-state index contributed by atoms with van der Waals surface area (Å²) in [5.74, 6) is 0.564. The van der Waals surface area contributed by atoms with Crippen molar-refractivity contribution in [2.45, 2.75) is 25.3 Å². The maximum absolute atomic E-state index is 11.8. The Labute approximate surface area is 108 Å². The monoisotopic (exact) mass is 247 g/mol. The van der Waals surface area contributed by atoms with Crippen LogP contribution in [0.4, 0.5) is 11.4 Å². The summed E-state index contributed by atoms with van der Waals surface area (Å²) in [7, 11) is 3.95. The van der Waals surface area contributed by atoms with Gasteiger partial charge in [-0.2, -0.15) is 0 Å². The van der Waals surface area contributed by atoms with Crippen molar-refractivity contribution in [2.24, 2.45) is 11.7 Å². The Balaban J connectivity index is 1.91. The number of carbonyl (C=O) groups is 1. The summed E-state index contributed by atoms with van der Waals surface area (Å²) in [6.45, 7) is 0. The normalized spacial score (nSPS) is 16.2. The van der Waals surface area contributed by atoms with Gasteiger partial charge in [0.05, 0.1) is 0 Å². The van der Waals surface area contributed by atoms with Gasteiger partial charge in [0.25, 0.3) is 0 Å². The Morgan fingerprint density at radius 3 is 2.83 bits per heavy atom. The van der Waals surface area contributed by atoms with Crippen molar-refractivity contribution in [3.05, 3.63) is 24.3 Å². The topological polar surface area (TPSA) is 58.4 Å². The first-order valence-electron chi connectivity index (χ1n) is 6.39. The molecule has 98 valence electrons. The average Bonchev–Trinajstić information content (AvgIpc) is 3.12. The molecule has 1 aromatic carbocycles. The molecule has 0 bridgehead atoms. The lowest BCUT2D eigenvalue weighted by Crippen LogP contribution is -2.28. The Morgan fingerprint density at radius 2 is 2.22 bits per heavy atom. The molecular formula is C14H21N3O. The van der Waals surface area contributed by atoms with Crippen LogP contribution in [0.2, 0.25) is 0 Å². The van der Waals surface area contributed by atoms with E-state index < -0.39 is 0 Å². The van der Waals surface area contributed by atoms with Crippen LogP contribution in [0.1, 0.15) is 19.3 Å². The van der Waals surface area contributed by atoms with Crippen molar-refractivity contribution in [1.29, 1.82) is 0 Å². The molecule has 3 N–H and O–H groups in total. The Bertz CT molecular complexity index is 427. The fourth-order valence-electron chi connectivity index (χ4n) is 1.98. The zero-order valence-corrected chi connectivity index (χ0v) is 11.0. The molecule has 4 heteroatoms. The highest BCUT2D eigenvalue weighted by Crippen LogP contribution is 2.32. The highest BCUT2D eigenvalue weighted by molar-refractivity contribution is 5.91. The summed E-state index contributed by atoms with van der Waals surface area (Å²) in [5, 5.41) is 2.91. The van der Waals surface area contributed by atoms with Gasteiger partial charge in [-0.3, -0.25) is 4.79 Å². The molecule has 1 aromatic rings. The second kappa shape index (κ2) is 5.40. The first-order chi connectivity index (χ1) is 8.56. The molecule has 0 spiro atoms. The highest BCUT2D eigenvalue weighted by Gasteiger charge is 2.29. The van der Waals surface area contributed by atoms with E-state index >= 15 is 0 Å². The van der Waals surface area contributed by atoms with Crippen LogP contribution in [0.15, 0.2) is 24.3 Å². The van der Waals surface area contributed by atoms with Gasteiger partial charge in [-0.15, -0.1) is 0 Å². The van der Waals surface area contributed by atoms with E-state index in [0.29, 0.717) is 12.3 Å². The van der Waals surface area contributed by atoms with Gasteiger partial charge >= 0.3 is 0 Å². The van der Waals surface area contributed by atoms with Gasteiger partial charge in [-0.1, -0.05) is 6.07 Å². The average molecular weight is 247 g/mol. The van der Waals surface area contributed by atoms with Gasteiger partial charge in [0.1, 0.15) is 0 Å². The smallest absolute Gasteiger partial charge is 0.225 e. The van der Waals surface area contributed by atoms with Gasteiger partial charge in [0, 0.05) is 37.9 Å². The molecule has 1 atom stereocenters. The number of nitrogens with zero attached hydrogens (tertiary/aromatic N) is 1. The summed E-state index contributed by atoms with van der Waals surface area (Å²) >= 11 is 0. The van der Waals surface area contributed by atoms with E-state index in [9.17, 15) is 4.79 Å². The molecule has 1 amide bonds. The Kier molecular flexibility index (Phi) is 3.87. The summed E-state index contributed by atoms with van der Waals surface area (Å²) in [4.78, 5) is 13.8. The molecule has 0 saturated heterocycles. The first-order valence-corrected chi connectivity index (χ1v) is 6.39. The van der Waals surface area contributed by atoms with Crippen molar-refractivity contribution >= 4 is 17.3 Å². The number of benzene rings is 1. The van der Waals surface area contributed by atoms with Crippen molar-refractivity contribution in [3.63, 3.8) is 0 Å². The van der Waals surface area contributed by atoms with Crippen molar-refractivity contribution in [1.82, 2.24) is 0 Å². The Morgan fingerprint density at radius 1 is 1.50 bits per heavy atom. The van der Waals surface area contributed by atoms with Gasteiger partial charge < -0.3 is 16.0 Å². The maximum atomic E-state index is 11.8. The molecule has 0 heterocycles. The summed E-state index contributed by atoms with van der Waals surface area (Å²) in [6.07, 6.45) is 2.76. The molecule has 1 unspecified atom stereocenters. The molecule has 2 rings (SSSR count). The van der Waals surface area contributed by atoms with E-state index in [0.717, 1.165) is 11.4 Å². The molecule has 1 aliphatic rings. The lowest BCUT2D eigenvalue weighted by molar-refractivity contribution is -0.116. The highest BCUT2D eigenvalue weighted by atomic mass is 16.1. The largest absolute Gasteiger partial charge is 0.378 e. The molecular weight excluding hydrogens is 226 g/mol. The molecule has 0 aromatic heterocycles. The van der Waals surface area contributed by atoms with E-state index in [-0.39, 0.29) is 11.9 Å². The van der Waals surface area contributed by atoms with E-state index in [4.69, 9.17) is 5.73 Å². The van der Waals surface area contributed by atoms with Crippen LogP contribution in [0, 0.1) is 5.92 Å².